The first-order valence-corrected chi connectivity index (χ1v) is 8.36. The Balaban J connectivity index is 2.44. The first-order chi connectivity index (χ1) is 9.79. The second-order valence-electron chi connectivity index (χ2n) is 4.12. The summed E-state index contributed by atoms with van der Waals surface area (Å²) in [6, 6.07) is 9.48. The van der Waals surface area contributed by atoms with Crippen LogP contribution < -0.4 is 10.5 Å². The van der Waals surface area contributed by atoms with E-state index in [-0.39, 0.29) is 15.6 Å². The standard InChI is InChI=1S/C13H10BrFN2O2S2/c14-8-4-5-12(11(6-8)13(16)20)17-21(18,19)10-3-1-2-9(15)7-10/h1-7,17H,(H2,16,20). The van der Waals surface area contributed by atoms with E-state index in [1.807, 2.05) is 0 Å². The third-order valence-corrected chi connectivity index (χ3v) is 4.67. The number of hydrogen-bond acceptors (Lipinski definition) is 3. The van der Waals surface area contributed by atoms with Crippen molar-refractivity contribution in [1.82, 2.24) is 0 Å². The molecule has 110 valence electrons. The molecule has 4 nitrogen and oxygen atoms in total. The minimum atomic E-state index is -3.93. The van der Waals surface area contributed by atoms with Gasteiger partial charge in [0, 0.05) is 10.0 Å². The molecule has 0 unspecified atom stereocenters. The van der Waals surface area contributed by atoms with Gasteiger partial charge >= 0.3 is 0 Å². The first kappa shape index (κ1) is 15.9. The zero-order valence-electron chi connectivity index (χ0n) is 10.5. The van der Waals surface area contributed by atoms with E-state index in [9.17, 15) is 12.8 Å². The van der Waals surface area contributed by atoms with Crippen molar-refractivity contribution in [3.8, 4) is 0 Å². The van der Waals surface area contributed by atoms with E-state index in [4.69, 9.17) is 18.0 Å². The molecule has 21 heavy (non-hydrogen) atoms. The zero-order chi connectivity index (χ0) is 15.6. The molecule has 0 saturated carbocycles. The maximum atomic E-state index is 13.2. The highest BCUT2D eigenvalue weighted by Gasteiger charge is 2.17. The van der Waals surface area contributed by atoms with Crippen LogP contribution in [-0.4, -0.2) is 13.4 Å². The minimum absolute atomic E-state index is 0.0493. The average Bonchev–Trinajstić information content (AvgIpc) is 2.40. The minimum Gasteiger partial charge on any atom is -0.389 e. The number of thiocarbonyl (C=S) groups is 1. The maximum absolute atomic E-state index is 13.2. The number of nitrogens with one attached hydrogen (secondary N) is 1. The van der Waals surface area contributed by atoms with E-state index in [1.54, 1.807) is 12.1 Å². The van der Waals surface area contributed by atoms with E-state index in [2.05, 4.69) is 20.7 Å². The molecule has 0 aliphatic carbocycles. The van der Waals surface area contributed by atoms with Gasteiger partial charge in [0.2, 0.25) is 0 Å². The summed E-state index contributed by atoms with van der Waals surface area (Å²) in [6.45, 7) is 0. The van der Waals surface area contributed by atoms with Crippen LogP contribution >= 0.6 is 28.1 Å². The van der Waals surface area contributed by atoms with Crippen LogP contribution in [0.2, 0.25) is 0 Å². The molecule has 0 aliphatic heterocycles. The fourth-order valence-electron chi connectivity index (χ4n) is 1.65. The summed E-state index contributed by atoms with van der Waals surface area (Å²) in [5, 5.41) is 0. The molecule has 8 heteroatoms. The van der Waals surface area contributed by atoms with E-state index < -0.39 is 15.8 Å². The van der Waals surface area contributed by atoms with Crippen LogP contribution in [0.4, 0.5) is 10.1 Å². The first-order valence-electron chi connectivity index (χ1n) is 5.67. The van der Waals surface area contributed by atoms with Gasteiger partial charge in [-0.2, -0.15) is 0 Å². The van der Waals surface area contributed by atoms with Crippen LogP contribution in [0.3, 0.4) is 0 Å². The second-order valence-corrected chi connectivity index (χ2v) is 7.15. The van der Waals surface area contributed by atoms with Crippen LogP contribution in [0.1, 0.15) is 5.56 Å². The van der Waals surface area contributed by atoms with Crippen LogP contribution in [-0.2, 0) is 10.0 Å². The lowest BCUT2D eigenvalue weighted by atomic mass is 10.2. The fraction of sp³-hybridized carbons (Fsp3) is 0. The summed E-state index contributed by atoms with van der Waals surface area (Å²) < 4.78 is 40.7. The van der Waals surface area contributed by atoms with Crippen molar-refractivity contribution in [2.75, 3.05) is 4.72 Å². The molecule has 0 fully saturated rings. The lowest BCUT2D eigenvalue weighted by Gasteiger charge is -2.12. The largest absolute Gasteiger partial charge is 0.389 e. The van der Waals surface area contributed by atoms with Crippen LogP contribution in [0.5, 0.6) is 0 Å². The monoisotopic (exact) mass is 388 g/mol. The Labute approximate surface area is 135 Å². The number of halogens is 2. The predicted octanol–water partition coefficient (Wildman–Crippen LogP) is 3.02. The van der Waals surface area contributed by atoms with Gasteiger partial charge in [-0.15, -0.1) is 0 Å². The summed E-state index contributed by atoms with van der Waals surface area (Å²) in [7, 11) is -3.93. The van der Waals surface area contributed by atoms with Gasteiger partial charge in [-0.3, -0.25) is 4.72 Å². The summed E-state index contributed by atoms with van der Waals surface area (Å²) in [5.41, 5.74) is 6.19. The Hall–Kier alpha value is -1.51. The maximum Gasteiger partial charge on any atom is 0.262 e. The number of sulfonamides is 1. The van der Waals surface area contributed by atoms with E-state index in [1.165, 1.54) is 24.3 Å². The fourth-order valence-corrected chi connectivity index (χ4v) is 3.29. The third-order valence-electron chi connectivity index (χ3n) is 2.60. The number of anilines is 1. The number of hydrogen-bond donors (Lipinski definition) is 2. The lowest BCUT2D eigenvalue weighted by molar-refractivity contribution is 0.595. The molecule has 0 atom stereocenters. The van der Waals surface area contributed by atoms with Crippen molar-refractivity contribution >= 4 is 48.8 Å². The number of benzene rings is 2. The predicted molar refractivity (Wildman–Crippen MR) is 87.2 cm³/mol. The summed E-state index contributed by atoms with van der Waals surface area (Å²) >= 11 is 8.15. The van der Waals surface area contributed by atoms with Crippen molar-refractivity contribution in [1.29, 1.82) is 0 Å². The molecule has 3 N–H and O–H groups in total. The molecule has 0 aromatic heterocycles. The second kappa shape index (κ2) is 6.08. The molecular weight excluding hydrogens is 379 g/mol. The molecule has 0 radical (unpaired) electrons. The smallest absolute Gasteiger partial charge is 0.262 e. The van der Waals surface area contributed by atoms with Gasteiger partial charge in [0.15, 0.2) is 0 Å². The van der Waals surface area contributed by atoms with Gasteiger partial charge in [0.05, 0.1) is 10.6 Å². The molecule has 0 saturated heterocycles. The summed E-state index contributed by atoms with van der Waals surface area (Å²) in [5.74, 6) is -0.636. The van der Waals surface area contributed by atoms with Gasteiger partial charge in [-0.1, -0.05) is 34.2 Å². The van der Waals surface area contributed by atoms with Gasteiger partial charge in [-0.05, 0) is 36.4 Å². The Morgan fingerprint density at radius 1 is 1.24 bits per heavy atom. The Kier molecular flexibility index (Phi) is 4.60. The van der Waals surface area contributed by atoms with Crippen molar-refractivity contribution < 1.29 is 12.8 Å². The third kappa shape index (κ3) is 3.78. The lowest BCUT2D eigenvalue weighted by Crippen LogP contribution is -2.18. The molecule has 2 aromatic rings. The van der Waals surface area contributed by atoms with Gasteiger partial charge in [0.1, 0.15) is 10.8 Å². The molecule has 2 rings (SSSR count). The normalized spacial score (nSPS) is 11.1. The number of nitrogens with two attached hydrogens (primary N) is 1. The Morgan fingerprint density at radius 2 is 1.95 bits per heavy atom. The van der Waals surface area contributed by atoms with Gasteiger partial charge < -0.3 is 5.73 Å². The SMILES string of the molecule is NC(=S)c1cc(Br)ccc1NS(=O)(=O)c1cccc(F)c1. The van der Waals surface area contributed by atoms with Gasteiger partial charge in [-0.25, -0.2) is 12.8 Å². The zero-order valence-corrected chi connectivity index (χ0v) is 13.7. The highest BCUT2D eigenvalue weighted by molar-refractivity contribution is 9.10. The van der Waals surface area contributed by atoms with Crippen molar-refractivity contribution in [3.63, 3.8) is 0 Å². The molecule has 0 aliphatic rings. The summed E-state index contributed by atoms with van der Waals surface area (Å²) in [6.07, 6.45) is 0. The van der Waals surface area contributed by atoms with Crippen molar-refractivity contribution in [3.05, 3.63) is 58.3 Å². The van der Waals surface area contributed by atoms with Crippen LogP contribution in [0.15, 0.2) is 51.8 Å². The highest BCUT2D eigenvalue weighted by atomic mass is 79.9. The topological polar surface area (TPSA) is 72.2 Å². The molecule has 0 bridgehead atoms. The van der Waals surface area contributed by atoms with E-state index >= 15 is 0 Å². The molecule has 2 aromatic carbocycles. The van der Waals surface area contributed by atoms with Crippen LogP contribution in [0.25, 0.3) is 0 Å². The van der Waals surface area contributed by atoms with E-state index in [0.29, 0.717) is 10.0 Å². The van der Waals surface area contributed by atoms with Crippen molar-refractivity contribution in [2.45, 2.75) is 4.90 Å². The average molecular weight is 389 g/mol. The summed E-state index contributed by atoms with van der Waals surface area (Å²) in [4.78, 5) is -0.132. The Morgan fingerprint density at radius 3 is 2.57 bits per heavy atom. The number of rotatable bonds is 4. The highest BCUT2D eigenvalue weighted by Crippen LogP contribution is 2.24. The van der Waals surface area contributed by atoms with E-state index in [0.717, 1.165) is 6.07 Å². The van der Waals surface area contributed by atoms with Gasteiger partial charge in [0.25, 0.3) is 10.0 Å². The molecular formula is C13H10BrFN2O2S2. The molecule has 0 spiro atoms. The Bertz CT molecular complexity index is 810. The van der Waals surface area contributed by atoms with Crippen molar-refractivity contribution in [2.24, 2.45) is 5.73 Å². The quantitative estimate of drug-likeness (QED) is 0.789. The molecule has 0 amide bonds. The van der Waals surface area contributed by atoms with Crippen LogP contribution in [0, 0.1) is 5.82 Å². The molecule has 0 heterocycles.